The summed E-state index contributed by atoms with van der Waals surface area (Å²) in [6.07, 6.45) is -0.201. The van der Waals surface area contributed by atoms with Crippen molar-refractivity contribution in [2.24, 2.45) is 5.10 Å². The fraction of sp³-hybridized carbons (Fsp3) is 0.167. The number of phenols is 1. The van der Waals surface area contributed by atoms with Gasteiger partial charge in [0.05, 0.1) is 24.8 Å². The van der Waals surface area contributed by atoms with Gasteiger partial charge in [0.25, 0.3) is 5.91 Å². The zero-order valence-electron chi connectivity index (χ0n) is 14.1. The van der Waals surface area contributed by atoms with Crippen molar-refractivity contribution >= 4 is 29.2 Å². The molecule has 0 aliphatic rings. The predicted octanol–water partition coefficient (Wildman–Crippen LogP) is 2.84. The minimum atomic E-state index is -0.986. The first-order valence-electron chi connectivity index (χ1n) is 7.54. The van der Waals surface area contributed by atoms with Crippen LogP contribution >= 0.6 is 11.6 Å². The Bertz CT molecular complexity index is 880. The van der Waals surface area contributed by atoms with E-state index >= 15 is 0 Å². The quantitative estimate of drug-likeness (QED) is 0.530. The molecule has 0 aliphatic heterocycles. The number of carbonyl (C=O) groups is 2. The van der Waals surface area contributed by atoms with Crippen LogP contribution in [0.3, 0.4) is 0 Å². The van der Waals surface area contributed by atoms with E-state index in [4.69, 9.17) is 21.4 Å². The Hall–Kier alpha value is -3.06. The molecule has 0 saturated heterocycles. The molecule has 136 valence electrons. The summed E-state index contributed by atoms with van der Waals surface area (Å²) in [5.74, 6) is -1.37. The van der Waals surface area contributed by atoms with Crippen LogP contribution in [0, 0.1) is 0 Å². The zero-order chi connectivity index (χ0) is 19.3. The number of halogens is 1. The van der Waals surface area contributed by atoms with Crippen molar-refractivity contribution in [1.29, 1.82) is 0 Å². The highest BCUT2D eigenvalue weighted by Crippen LogP contribution is 2.22. The van der Waals surface area contributed by atoms with E-state index in [0.717, 1.165) is 0 Å². The van der Waals surface area contributed by atoms with E-state index in [9.17, 15) is 14.7 Å². The van der Waals surface area contributed by atoms with Gasteiger partial charge < -0.3 is 14.9 Å². The molecule has 1 amide bonds. The molecule has 0 fully saturated rings. The van der Waals surface area contributed by atoms with Crippen LogP contribution in [0.5, 0.6) is 11.5 Å². The first-order chi connectivity index (χ1) is 12.3. The number of nitrogens with zero attached hydrogens (tertiary/aromatic N) is 1. The molecule has 7 nitrogen and oxygen atoms in total. The second-order valence-electron chi connectivity index (χ2n) is 5.40. The van der Waals surface area contributed by atoms with Crippen molar-refractivity contribution in [3.8, 4) is 11.5 Å². The molecule has 0 saturated carbocycles. The number of methoxy groups -OCH3 is 1. The van der Waals surface area contributed by atoms with E-state index in [1.807, 2.05) is 0 Å². The molecule has 0 unspecified atom stereocenters. The molecule has 0 radical (unpaired) electrons. The lowest BCUT2D eigenvalue weighted by atomic mass is 10.0. The summed E-state index contributed by atoms with van der Waals surface area (Å²) in [6, 6.07) is 9.08. The van der Waals surface area contributed by atoms with Crippen molar-refractivity contribution in [3.63, 3.8) is 0 Å². The van der Waals surface area contributed by atoms with Gasteiger partial charge in [0.2, 0.25) is 0 Å². The van der Waals surface area contributed by atoms with Crippen molar-refractivity contribution in [2.75, 3.05) is 7.11 Å². The summed E-state index contributed by atoms with van der Waals surface area (Å²) < 4.78 is 5.15. The number of carboxylic acids is 1. The summed E-state index contributed by atoms with van der Waals surface area (Å²) in [7, 11) is 1.46. The number of nitrogens with one attached hydrogen (secondary N) is 1. The normalized spacial score (nSPS) is 11.1. The summed E-state index contributed by atoms with van der Waals surface area (Å²) in [5.41, 5.74) is 3.90. The van der Waals surface area contributed by atoms with Crippen molar-refractivity contribution in [2.45, 2.75) is 13.3 Å². The highest BCUT2D eigenvalue weighted by Gasteiger charge is 2.13. The van der Waals surface area contributed by atoms with Gasteiger partial charge in [-0.25, -0.2) is 5.43 Å². The molecule has 2 aromatic carbocycles. The number of aromatic hydroxyl groups is 1. The smallest absolute Gasteiger partial charge is 0.307 e. The number of rotatable bonds is 6. The van der Waals surface area contributed by atoms with Crippen molar-refractivity contribution in [1.82, 2.24) is 5.43 Å². The third-order valence-corrected chi connectivity index (χ3v) is 3.80. The average molecular weight is 377 g/mol. The molecule has 0 heterocycles. The maximum Gasteiger partial charge on any atom is 0.307 e. The number of hydrogen-bond acceptors (Lipinski definition) is 5. The van der Waals surface area contributed by atoms with E-state index in [0.29, 0.717) is 27.6 Å². The van der Waals surface area contributed by atoms with Gasteiger partial charge in [0.1, 0.15) is 11.5 Å². The lowest BCUT2D eigenvalue weighted by Gasteiger charge is -2.10. The minimum Gasteiger partial charge on any atom is -0.507 e. The Morgan fingerprint density at radius 1 is 1.23 bits per heavy atom. The lowest BCUT2D eigenvalue weighted by Crippen LogP contribution is -2.19. The van der Waals surface area contributed by atoms with E-state index in [1.165, 1.54) is 25.3 Å². The van der Waals surface area contributed by atoms with Crippen LogP contribution in [0.25, 0.3) is 0 Å². The summed E-state index contributed by atoms with van der Waals surface area (Å²) in [6.45, 7) is 1.66. The van der Waals surface area contributed by atoms with Gasteiger partial charge in [0.15, 0.2) is 0 Å². The number of carbonyl (C=O) groups excluding carboxylic acids is 1. The van der Waals surface area contributed by atoms with Gasteiger partial charge in [-0.15, -0.1) is 0 Å². The van der Waals surface area contributed by atoms with Crippen LogP contribution in [0.15, 0.2) is 41.5 Å². The van der Waals surface area contributed by atoms with Crippen LogP contribution in [0.4, 0.5) is 0 Å². The first-order valence-corrected chi connectivity index (χ1v) is 7.92. The highest BCUT2D eigenvalue weighted by molar-refractivity contribution is 6.31. The highest BCUT2D eigenvalue weighted by atomic mass is 35.5. The number of benzene rings is 2. The van der Waals surface area contributed by atoms with Crippen LogP contribution in [0.1, 0.15) is 28.4 Å². The average Bonchev–Trinajstić information content (AvgIpc) is 2.60. The van der Waals surface area contributed by atoms with Gasteiger partial charge in [-0.05, 0) is 48.9 Å². The van der Waals surface area contributed by atoms with Gasteiger partial charge >= 0.3 is 5.97 Å². The van der Waals surface area contributed by atoms with Crippen LogP contribution in [-0.4, -0.2) is 34.9 Å². The molecule has 0 atom stereocenters. The fourth-order valence-corrected chi connectivity index (χ4v) is 2.43. The summed E-state index contributed by atoms with van der Waals surface area (Å²) in [5, 5.41) is 23.0. The molecule has 3 N–H and O–H groups in total. The number of hydrogen-bond donors (Lipinski definition) is 3. The Balaban J connectivity index is 2.22. The SMILES string of the molecule is COc1ccc(/C(C)=N\NC(=O)c2cc(Cl)ccc2O)cc1CC(=O)O. The number of hydrazone groups is 1. The molecule has 0 spiro atoms. The molecular formula is C18H17ClN2O5. The standard InChI is InChI=1S/C18H17ClN2O5/c1-10(11-3-6-16(26-2)12(7-11)8-17(23)24)20-21-18(25)14-9-13(19)4-5-15(14)22/h3-7,9,22H,8H2,1-2H3,(H,21,25)(H,23,24)/b20-10-. The number of carboxylic acid groups (broad SMARTS) is 1. The Morgan fingerprint density at radius 2 is 1.96 bits per heavy atom. The Kier molecular flexibility index (Phi) is 6.19. The van der Waals surface area contributed by atoms with Gasteiger partial charge in [-0.1, -0.05) is 11.6 Å². The molecule has 0 aliphatic carbocycles. The van der Waals surface area contributed by atoms with Crippen LogP contribution in [0.2, 0.25) is 5.02 Å². The van der Waals surface area contributed by atoms with Gasteiger partial charge in [-0.2, -0.15) is 5.10 Å². The Morgan fingerprint density at radius 3 is 2.62 bits per heavy atom. The van der Waals surface area contributed by atoms with Crippen molar-refractivity contribution in [3.05, 3.63) is 58.1 Å². The van der Waals surface area contributed by atoms with E-state index in [-0.39, 0.29) is 17.7 Å². The molecule has 8 heteroatoms. The maximum atomic E-state index is 12.1. The van der Waals surface area contributed by atoms with E-state index in [2.05, 4.69) is 10.5 Å². The van der Waals surface area contributed by atoms with Gasteiger partial charge in [-0.3, -0.25) is 9.59 Å². The summed E-state index contributed by atoms with van der Waals surface area (Å²) in [4.78, 5) is 23.1. The largest absolute Gasteiger partial charge is 0.507 e. The minimum absolute atomic E-state index is 0.00431. The van der Waals surface area contributed by atoms with E-state index in [1.54, 1.807) is 25.1 Å². The number of phenolic OH excluding ortho intramolecular Hbond substituents is 1. The predicted molar refractivity (Wildman–Crippen MR) is 97.1 cm³/mol. The topological polar surface area (TPSA) is 108 Å². The monoisotopic (exact) mass is 376 g/mol. The molecular weight excluding hydrogens is 360 g/mol. The number of aliphatic carboxylic acids is 1. The maximum absolute atomic E-state index is 12.1. The third-order valence-electron chi connectivity index (χ3n) is 3.57. The molecule has 26 heavy (non-hydrogen) atoms. The van der Waals surface area contributed by atoms with Crippen LogP contribution < -0.4 is 10.2 Å². The number of amides is 1. The van der Waals surface area contributed by atoms with Crippen molar-refractivity contribution < 1.29 is 24.5 Å². The molecule has 2 aromatic rings. The second kappa shape index (κ2) is 8.35. The zero-order valence-corrected chi connectivity index (χ0v) is 14.9. The number of ether oxygens (including phenoxy) is 1. The van der Waals surface area contributed by atoms with E-state index < -0.39 is 11.9 Å². The third kappa shape index (κ3) is 4.73. The fourth-order valence-electron chi connectivity index (χ4n) is 2.25. The molecule has 0 aromatic heterocycles. The Labute approximate surface area is 154 Å². The first kappa shape index (κ1) is 19.3. The molecule has 2 rings (SSSR count). The second-order valence-corrected chi connectivity index (χ2v) is 5.83. The van der Waals surface area contributed by atoms with Gasteiger partial charge in [0, 0.05) is 10.6 Å². The van der Waals surface area contributed by atoms with Crippen LogP contribution in [-0.2, 0) is 11.2 Å². The summed E-state index contributed by atoms with van der Waals surface area (Å²) >= 11 is 5.82. The molecule has 0 bridgehead atoms. The lowest BCUT2D eigenvalue weighted by molar-refractivity contribution is -0.136.